The smallest absolute Gasteiger partial charge is 0.305 e. The molecule has 0 radical (unpaired) electrons. The highest BCUT2D eigenvalue weighted by molar-refractivity contribution is 5.66. The fraction of sp³-hybridized carbons (Fsp3) is 0.875. The molecule has 0 aromatic heterocycles. The summed E-state index contributed by atoms with van der Waals surface area (Å²) >= 11 is 0. The molecule has 0 aliphatic rings. The Labute approximate surface area is 77.8 Å². The third kappa shape index (κ3) is 11.3. The SMILES string of the molecule is CC(N)COCCOCCC(=O)O. The second-order valence-corrected chi connectivity index (χ2v) is 2.81. The van der Waals surface area contributed by atoms with Crippen molar-refractivity contribution < 1.29 is 19.4 Å². The van der Waals surface area contributed by atoms with Gasteiger partial charge in [0, 0.05) is 6.04 Å². The zero-order chi connectivity index (χ0) is 10.1. The molecule has 0 heterocycles. The summed E-state index contributed by atoms with van der Waals surface area (Å²) < 4.78 is 10.1. The van der Waals surface area contributed by atoms with E-state index >= 15 is 0 Å². The summed E-state index contributed by atoms with van der Waals surface area (Å²) in [6.45, 7) is 3.46. The quantitative estimate of drug-likeness (QED) is 0.521. The highest BCUT2D eigenvalue weighted by atomic mass is 16.5. The molecule has 3 N–H and O–H groups in total. The van der Waals surface area contributed by atoms with Gasteiger partial charge in [-0.3, -0.25) is 4.79 Å². The molecule has 0 fully saturated rings. The van der Waals surface area contributed by atoms with Crippen LogP contribution in [0.4, 0.5) is 0 Å². The Morgan fingerprint density at radius 3 is 2.54 bits per heavy atom. The van der Waals surface area contributed by atoms with Gasteiger partial charge in [0.25, 0.3) is 0 Å². The molecule has 1 unspecified atom stereocenters. The lowest BCUT2D eigenvalue weighted by Gasteiger charge is -2.06. The van der Waals surface area contributed by atoms with Crippen molar-refractivity contribution in [1.29, 1.82) is 0 Å². The fourth-order valence-electron chi connectivity index (χ4n) is 0.649. The van der Waals surface area contributed by atoms with E-state index in [0.717, 1.165) is 0 Å². The molecule has 0 rings (SSSR count). The molecule has 78 valence electrons. The monoisotopic (exact) mass is 191 g/mol. The largest absolute Gasteiger partial charge is 0.481 e. The average molecular weight is 191 g/mol. The average Bonchev–Trinajstić information content (AvgIpc) is 2.01. The van der Waals surface area contributed by atoms with Crippen LogP contribution in [0.1, 0.15) is 13.3 Å². The Hall–Kier alpha value is -0.650. The first-order valence-electron chi connectivity index (χ1n) is 4.25. The van der Waals surface area contributed by atoms with Crippen LogP contribution in [0.2, 0.25) is 0 Å². The van der Waals surface area contributed by atoms with E-state index in [1.807, 2.05) is 6.92 Å². The molecule has 0 saturated carbocycles. The lowest BCUT2D eigenvalue weighted by atomic mass is 10.4. The maximum atomic E-state index is 10.0. The van der Waals surface area contributed by atoms with E-state index in [4.69, 9.17) is 20.3 Å². The van der Waals surface area contributed by atoms with Gasteiger partial charge in [0.1, 0.15) is 0 Å². The van der Waals surface area contributed by atoms with Crippen molar-refractivity contribution in [3.8, 4) is 0 Å². The van der Waals surface area contributed by atoms with Crippen molar-refractivity contribution in [3.05, 3.63) is 0 Å². The first-order chi connectivity index (χ1) is 6.13. The van der Waals surface area contributed by atoms with E-state index < -0.39 is 5.97 Å². The van der Waals surface area contributed by atoms with Gasteiger partial charge in [0.05, 0.1) is 32.8 Å². The van der Waals surface area contributed by atoms with Crippen molar-refractivity contribution >= 4 is 5.97 Å². The van der Waals surface area contributed by atoms with E-state index in [2.05, 4.69) is 0 Å². The predicted octanol–water partition coefficient (Wildman–Crippen LogP) is -0.158. The van der Waals surface area contributed by atoms with Crippen LogP contribution >= 0.6 is 0 Å². The number of hydrogen-bond donors (Lipinski definition) is 2. The van der Waals surface area contributed by atoms with Crippen molar-refractivity contribution in [2.24, 2.45) is 5.73 Å². The fourth-order valence-corrected chi connectivity index (χ4v) is 0.649. The lowest BCUT2D eigenvalue weighted by Crippen LogP contribution is -2.23. The van der Waals surface area contributed by atoms with Gasteiger partial charge in [-0.05, 0) is 6.92 Å². The summed E-state index contributed by atoms with van der Waals surface area (Å²) in [5, 5.41) is 8.26. The number of carbonyl (C=O) groups is 1. The first kappa shape index (κ1) is 12.3. The number of hydrogen-bond acceptors (Lipinski definition) is 4. The number of nitrogens with two attached hydrogens (primary N) is 1. The van der Waals surface area contributed by atoms with E-state index in [0.29, 0.717) is 19.8 Å². The molecule has 0 amide bonds. The third-order valence-corrected chi connectivity index (χ3v) is 1.21. The zero-order valence-corrected chi connectivity index (χ0v) is 7.86. The molecule has 0 aliphatic carbocycles. The Morgan fingerprint density at radius 2 is 2.00 bits per heavy atom. The van der Waals surface area contributed by atoms with E-state index in [-0.39, 0.29) is 19.1 Å². The van der Waals surface area contributed by atoms with Crippen molar-refractivity contribution in [2.75, 3.05) is 26.4 Å². The van der Waals surface area contributed by atoms with Gasteiger partial charge < -0.3 is 20.3 Å². The highest BCUT2D eigenvalue weighted by Crippen LogP contribution is 1.84. The van der Waals surface area contributed by atoms with Crippen LogP contribution in [0.15, 0.2) is 0 Å². The Kier molecular flexibility index (Phi) is 7.57. The normalized spacial score (nSPS) is 12.8. The van der Waals surface area contributed by atoms with Gasteiger partial charge in [0.15, 0.2) is 0 Å². The zero-order valence-electron chi connectivity index (χ0n) is 7.86. The summed E-state index contributed by atoms with van der Waals surface area (Å²) in [7, 11) is 0. The summed E-state index contributed by atoms with van der Waals surface area (Å²) in [5.41, 5.74) is 5.43. The molecule has 0 spiro atoms. The van der Waals surface area contributed by atoms with E-state index in [1.54, 1.807) is 0 Å². The van der Waals surface area contributed by atoms with Crippen LogP contribution in [-0.4, -0.2) is 43.5 Å². The topological polar surface area (TPSA) is 81.8 Å². The molecule has 0 aliphatic heterocycles. The standard InChI is InChI=1S/C8H17NO4/c1-7(9)6-13-5-4-12-3-2-8(10)11/h7H,2-6,9H2,1H3,(H,10,11). The molecule has 0 aromatic rings. The maximum absolute atomic E-state index is 10.0. The summed E-state index contributed by atoms with van der Waals surface area (Å²) in [6, 6.07) is 0.0269. The van der Waals surface area contributed by atoms with Crippen LogP contribution in [0, 0.1) is 0 Å². The molecule has 0 aromatic carbocycles. The van der Waals surface area contributed by atoms with E-state index in [1.165, 1.54) is 0 Å². The van der Waals surface area contributed by atoms with Gasteiger partial charge in [-0.25, -0.2) is 0 Å². The highest BCUT2D eigenvalue weighted by Gasteiger charge is 1.96. The molecular weight excluding hydrogens is 174 g/mol. The van der Waals surface area contributed by atoms with Crippen molar-refractivity contribution in [3.63, 3.8) is 0 Å². The molecule has 5 heteroatoms. The molecule has 1 atom stereocenters. The Balaban J connectivity index is 2.96. The van der Waals surface area contributed by atoms with Crippen molar-refractivity contribution in [2.45, 2.75) is 19.4 Å². The minimum atomic E-state index is -0.850. The van der Waals surface area contributed by atoms with Crippen LogP contribution in [0.25, 0.3) is 0 Å². The van der Waals surface area contributed by atoms with Gasteiger partial charge in [-0.15, -0.1) is 0 Å². The lowest BCUT2D eigenvalue weighted by molar-refractivity contribution is -0.138. The number of rotatable bonds is 8. The van der Waals surface area contributed by atoms with Gasteiger partial charge >= 0.3 is 5.97 Å². The molecular formula is C8H17NO4. The molecule has 0 saturated heterocycles. The van der Waals surface area contributed by atoms with Gasteiger partial charge in [0.2, 0.25) is 0 Å². The summed E-state index contributed by atoms with van der Waals surface area (Å²) in [6.07, 6.45) is 0.0350. The second-order valence-electron chi connectivity index (χ2n) is 2.81. The predicted molar refractivity (Wildman–Crippen MR) is 47.5 cm³/mol. The number of aliphatic carboxylic acids is 1. The second kappa shape index (κ2) is 7.97. The number of ether oxygens (including phenoxy) is 2. The molecule has 5 nitrogen and oxygen atoms in total. The maximum Gasteiger partial charge on any atom is 0.305 e. The van der Waals surface area contributed by atoms with Gasteiger partial charge in [-0.2, -0.15) is 0 Å². The van der Waals surface area contributed by atoms with Crippen LogP contribution < -0.4 is 5.73 Å². The van der Waals surface area contributed by atoms with E-state index in [9.17, 15) is 4.79 Å². The van der Waals surface area contributed by atoms with Crippen LogP contribution in [0.5, 0.6) is 0 Å². The number of carboxylic acid groups (broad SMARTS) is 1. The van der Waals surface area contributed by atoms with Crippen LogP contribution in [0.3, 0.4) is 0 Å². The first-order valence-corrected chi connectivity index (χ1v) is 4.25. The van der Waals surface area contributed by atoms with Crippen molar-refractivity contribution in [1.82, 2.24) is 0 Å². The van der Waals surface area contributed by atoms with Gasteiger partial charge in [-0.1, -0.05) is 0 Å². The summed E-state index contributed by atoms with van der Waals surface area (Å²) in [5.74, 6) is -0.850. The Bertz CT molecular complexity index is 138. The minimum Gasteiger partial charge on any atom is -0.481 e. The minimum absolute atomic E-state index is 0.0269. The Morgan fingerprint density at radius 1 is 1.38 bits per heavy atom. The third-order valence-electron chi connectivity index (χ3n) is 1.21. The van der Waals surface area contributed by atoms with Crippen LogP contribution in [-0.2, 0) is 14.3 Å². The molecule has 13 heavy (non-hydrogen) atoms. The summed E-state index contributed by atoms with van der Waals surface area (Å²) in [4.78, 5) is 10.0. The number of carboxylic acids is 1. The molecule has 0 bridgehead atoms.